The van der Waals surface area contributed by atoms with Crippen LogP contribution in [0.5, 0.6) is 0 Å². The van der Waals surface area contributed by atoms with E-state index >= 15 is 0 Å². The van der Waals surface area contributed by atoms with Gasteiger partial charge in [0.2, 0.25) is 0 Å². The molecule has 9 rings (SSSR count). The van der Waals surface area contributed by atoms with Crippen LogP contribution in [0.2, 0.25) is 0 Å². The Bertz CT molecular complexity index is 2370. The molecule has 5 aromatic carbocycles. The maximum atomic E-state index is 3.36. The van der Waals surface area contributed by atoms with Crippen LogP contribution in [0.4, 0.5) is 0 Å². The Morgan fingerprint density at radius 1 is 0.562 bits per heavy atom. The van der Waals surface area contributed by atoms with Crippen LogP contribution in [0.15, 0.2) is 159 Å². The Morgan fingerprint density at radius 2 is 1.27 bits per heavy atom. The molecule has 0 saturated carbocycles. The molecule has 234 valence electrons. The maximum Gasteiger partial charge on any atom is 0.0637 e. The van der Waals surface area contributed by atoms with Gasteiger partial charge in [-0.05, 0) is 103 Å². The fraction of sp³-hybridized carbons (Fsp3) is 0.130. The second-order valence-corrected chi connectivity index (χ2v) is 12.8. The van der Waals surface area contributed by atoms with Gasteiger partial charge in [0.05, 0.1) is 16.6 Å². The molecule has 0 bridgehead atoms. The van der Waals surface area contributed by atoms with Crippen molar-refractivity contribution in [3.8, 4) is 22.5 Å². The van der Waals surface area contributed by atoms with Gasteiger partial charge >= 0.3 is 0 Å². The SMILES string of the molecule is C1=CCCC(c2cccc(-n3c4c(c5c3ccc3c6ccccc6n(-c6cccc(-c7ccccc7)c6)c35)CCCC4)c2)=C1.C=CC=C. The first kappa shape index (κ1) is 29.8. The lowest BCUT2D eigenvalue weighted by Gasteiger charge is -2.17. The zero-order valence-electron chi connectivity index (χ0n) is 27.4. The predicted molar refractivity (Wildman–Crippen MR) is 206 cm³/mol. The molecule has 0 saturated heterocycles. The number of nitrogens with zero attached hydrogens (tertiary/aromatic N) is 2. The summed E-state index contributed by atoms with van der Waals surface area (Å²) in [5.74, 6) is 0. The van der Waals surface area contributed by atoms with E-state index in [4.69, 9.17) is 0 Å². The van der Waals surface area contributed by atoms with E-state index in [1.54, 1.807) is 12.2 Å². The van der Waals surface area contributed by atoms with E-state index in [9.17, 15) is 0 Å². The highest BCUT2D eigenvalue weighted by Crippen LogP contribution is 2.43. The maximum absolute atomic E-state index is 3.36. The van der Waals surface area contributed by atoms with Crippen molar-refractivity contribution in [1.82, 2.24) is 9.13 Å². The van der Waals surface area contributed by atoms with Gasteiger partial charge in [-0.2, -0.15) is 0 Å². The number of benzene rings is 5. The summed E-state index contributed by atoms with van der Waals surface area (Å²) in [5, 5.41) is 4.06. The molecule has 2 heterocycles. The Kier molecular flexibility index (Phi) is 8.00. The van der Waals surface area contributed by atoms with E-state index in [1.165, 1.54) is 90.4 Å². The largest absolute Gasteiger partial charge is 0.313 e. The summed E-state index contributed by atoms with van der Waals surface area (Å²) in [6, 6.07) is 42.8. The average Bonchev–Trinajstić information content (AvgIpc) is 3.69. The number of hydrogen-bond acceptors (Lipinski definition) is 0. The smallest absolute Gasteiger partial charge is 0.0637 e. The number of aryl methyl sites for hydroxylation is 1. The molecule has 2 heteroatoms. The van der Waals surface area contributed by atoms with Gasteiger partial charge < -0.3 is 9.13 Å². The first-order valence-electron chi connectivity index (χ1n) is 17.2. The molecule has 2 aromatic heterocycles. The molecule has 0 radical (unpaired) electrons. The first-order valence-corrected chi connectivity index (χ1v) is 17.2. The van der Waals surface area contributed by atoms with Gasteiger partial charge in [-0.1, -0.05) is 122 Å². The van der Waals surface area contributed by atoms with Gasteiger partial charge in [0.25, 0.3) is 0 Å². The van der Waals surface area contributed by atoms with Crippen LogP contribution in [0, 0.1) is 0 Å². The van der Waals surface area contributed by atoms with Crippen molar-refractivity contribution in [3.05, 3.63) is 176 Å². The van der Waals surface area contributed by atoms with E-state index in [-0.39, 0.29) is 0 Å². The first-order chi connectivity index (χ1) is 23.8. The van der Waals surface area contributed by atoms with Crippen LogP contribution < -0.4 is 0 Å². The second-order valence-electron chi connectivity index (χ2n) is 12.8. The van der Waals surface area contributed by atoms with Crippen molar-refractivity contribution in [2.24, 2.45) is 0 Å². The Hall–Kier alpha value is -5.60. The lowest BCUT2D eigenvalue weighted by Crippen LogP contribution is -2.07. The second kappa shape index (κ2) is 12.9. The predicted octanol–water partition coefficient (Wildman–Crippen LogP) is 12.4. The minimum atomic E-state index is 1.10. The third kappa shape index (κ3) is 5.15. The Labute approximate surface area is 283 Å². The molecule has 48 heavy (non-hydrogen) atoms. The monoisotopic (exact) mass is 620 g/mol. The summed E-state index contributed by atoms with van der Waals surface area (Å²) >= 11 is 0. The van der Waals surface area contributed by atoms with Crippen LogP contribution >= 0.6 is 0 Å². The van der Waals surface area contributed by atoms with Gasteiger partial charge in [0.15, 0.2) is 0 Å². The van der Waals surface area contributed by atoms with E-state index in [0.717, 1.165) is 25.7 Å². The molecule has 7 aromatic rings. The molecule has 0 fully saturated rings. The van der Waals surface area contributed by atoms with Crippen molar-refractivity contribution in [2.45, 2.75) is 38.5 Å². The van der Waals surface area contributed by atoms with Crippen molar-refractivity contribution >= 4 is 38.3 Å². The normalized spacial score (nSPS) is 14.0. The highest BCUT2D eigenvalue weighted by Gasteiger charge is 2.26. The molecule has 2 aliphatic rings. The molecule has 0 unspecified atom stereocenters. The van der Waals surface area contributed by atoms with Crippen LogP contribution in [-0.2, 0) is 12.8 Å². The van der Waals surface area contributed by atoms with E-state index in [1.807, 2.05) is 0 Å². The third-order valence-corrected chi connectivity index (χ3v) is 9.93. The minimum Gasteiger partial charge on any atom is -0.313 e. The van der Waals surface area contributed by atoms with Crippen LogP contribution in [0.1, 0.15) is 42.5 Å². The highest BCUT2D eigenvalue weighted by atomic mass is 15.0. The number of hydrogen-bond donors (Lipinski definition) is 0. The molecule has 0 amide bonds. The molecule has 0 atom stereocenters. The van der Waals surface area contributed by atoms with Crippen molar-refractivity contribution < 1.29 is 0 Å². The summed E-state index contributed by atoms with van der Waals surface area (Å²) in [5.41, 5.74) is 14.7. The number of allylic oxidation sites excluding steroid dienone is 6. The topological polar surface area (TPSA) is 9.86 Å². The number of aromatic nitrogens is 2. The molecule has 0 spiro atoms. The lowest BCUT2D eigenvalue weighted by molar-refractivity contribution is 0.667. The number of fused-ring (bicyclic) bond motifs is 7. The quantitative estimate of drug-likeness (QED) is 0.169. The molecule has 2 aliphatic carbocycles. The van der Waals surface area contributed by atoms with Crippen LogP contribution in [0.25, 0.3) is 60.8 Å². The van der Waals surface area contributed by atoms with Crippen molar-refractivity contribution in [2.75, 3.05) is 0 Å². The van der Waals surface area contributed by atoms with Crippen LogP contribution in [-0.4, -0.2) is 9.13 Å². The summed E-state index contributed by atoms with van der Waals surface area (Å²) in [6.07, 6.45) is 17.0. The van der Waals surface area contributed by atoms with Crippen molar-refractivity contribution in [3.63, 3.8) is 0 Å². The van der Waals surface area contributed by atoms with Crippen molar-refractivity contribution in [1.29, 1.82) is 0 Å². The molecule has 0 N–H and O–H groups in total. The highest BCUT2D eigenvalue weighted by molar-refractivity contribution is 6.19. The Balaban J connectivity index is 0.000000799. The average molecular weight is 621 g/mol. The summed E-state index contributed by atoms with van der Waals surface area (Å²) < 4.78 is 5.13. The molecule has 0 aliphatic heterocycles. The fourth-order valence-corrected chi connectivity index (χ4v) is 7.79. The zero-order chi connectivity index (χ0) is 32.5. The minimum absolute atomic E-state index is 1.10. The van der Waals surface area contributed by atoms with Gasteiger partial charge in [-0.3, -0.25) is 0 Å². The summed E-state index contributed by atoms with van der Waals surface area (Å²) in [6.45, 7) is 6.72. The molecule has 2 nitrogen and oxygen atoms in total. The van der Waals surface area contributed by atoms with Gasteiger partial charge in [0.1, 0.15) is 0 Å². The van der Waals surface area contributed by atoms with Crippen LogP contribution in [0.3, 0.4) is 0 Å². The summed E-state index contributed by atoms with van der Waals surface area (Å²) in [4.78, 5) is 0. The number of rotatable bonds is 5. The fourth-order valence-electron chi connectivity index (χ4n) is 7.79. The zero-order valence-corrected chi connectivity index (χ0v) is 27.4. The van der Waals surface area contributed by atoms with Gasteiger partial charge in [0, 0.05) is 33.2 Å². The van der Waals surface area contributed by atoms with E-state index in [2.05, 4.69) is 156 Å². The Morgan fingerprint density at radius 3 is 2.06 bits per heavy atom. The standard InChI is InChI=1S/C42H34N2.C4H6/c1-3-13-29(14-4-1)31-17-11-19-33(27-31)43-39-24-10-8-22-37(39)41-40(43)26-25-36-35-21-7-9-23-38(35)44(42(36)41)34-20-12-18-32(28-34)30-15-5-2-6-16-30;1-3-4-2/h1-3,5-7,9,11-13,15-21,23,25-28H,4,8,10,14,22,24H2;3-4H,1-2H2. The summed E-state index contributed by atoms with van der Waals surface area (Å²) in [7, 11) is 0. The molecular formula is C46H40N2. The van der Waals surface area contributed by atoms with Gasteiger partial charge in [-0.25, -0.2) is 0 Å². The van der Waals surface area contributed by atoms with Gasteiger partial charge in [-0.15, -0.1) is 0 Å². The van der Waals surface area contributed by atoms with E-state index < -0.39 is 0 Å². The third-order valence-electron chi connectivity index (χ3n) is 9.93. The van der Waals surface area contributed by atoms with E-state index in [0.29, 0.717) is 0 Å². The molecular weight excluding hydrogens is 581 g/mol. The number of para-hydroxylation sites is 1. The lowest BCUT2D eigenvalue weighted by atomic mass is 9.94.